The molecule has 2 aromatic rings. The Kier molecular flexibility index (Phi) is 7.78. The maximum Gasteiger partial charge on any atom is 0.242 e. The summed E-state index contributed by atoms with van der Waals surface area (Å²) >= 11 is 1.54. The molecule has 12 heteroatoms. The predicted octanol–water partition coefficient (Wildman–Crippen LogP) is 0.979. The fourth-order valence-electron chi connectivity index (χ4n) is 2.40. The third-order valence-electron chi connectivity index (χ3n) is 3.93. The summed E-state index contributed by atoms with van der Waals surface area (Å²) in [5, 5.41) is 14.1. The van der Waals surface area contributed by atoms with Crippen molar-refractivity contribution in [2.45, 2.75) is 26.3 Å². The number of tetrazole rings is 1. The van der Waals surface area contributed by atoms with E-state index in [1.165, 1.54) is 30.5 Å². The number of carbonyl (C=O) groups is 1. The number of aryl methyl sites for hydroxylation is 1. The van der Waals surface area contributed by atoms with Gasteiger partial charge in [-0.2, -0.15) is 16.4 Å². The number of sulfonamides is 1. The number of methoxy groups -OCH3 is 1. The molecule has 0 bridgehead atoms. The molecule has 2 N–H and O–H groups in total. The number of aromatic nitrogens is 4. The third-order valence-corrected chi connectivity index (χ3v) is 5.98. The van der Waals surface area contributed by atoms with E-state index >= 15 is 0 Å². The van der Waals surface area contributed by atoms with Crippen molar-refractivity contribution in [1.82, 2.24) is 24.9 Å². The van der Waals surface area contributed by atoms with Gasteiger partial charge in [-0.15, -0.1) is 5.10 Å². The minimum absolute atomic E-state index is 0.0959. The summed E-state index contributed by atoms with van der Waals surface area (Å²) in [5.74, 6) is 1.19. The zero-order valence-electron chi connectivity index (χ0n) is 16.2. The molecule has 0 aliphatic rings. The van der Waals surface area contributed by atoms with Gasteiger partial charge in [0.15, 0.2) is 5.82 Å². The van der Waals surface area contributed by atoms with E-state index in [0.717, 1.165) is 0 Å². The molecule has 1 unspecified atom stereocenters. The van der Waals surface area contributed by atoms with Crippen molar-refractivity contribution in [2.24, 2.45) is 0 Å². The Bertz CT molecular complexity index is 916. The second-order valence-electron chi connectivity index (χ2n) is 5.87. The number of benzene rings is 1. The average Bonchev–Trinajstić information content (AvgIpc) is 3.10. The molecule has 0 aliphatic heterocycles. The SMILES string of the molecule is CCS(=O)(=O)NC(CCSC)C(=O)Nc1ccc(OC)c(-n2nnnc2C)c1. The van der Waals surface area contributed by atoms with Gasteiger partial charge >= 0.3 is 0 Å². The van der Waals surface area contributed by atoms with Crippen molar-refractivity contribution < 1.29 is 17.9 Å². The Morgan fingerprint density at radius 1 is 1.39 bits per heavy atom. The number of nitrogens with zero attached hydrogens (tertiary/aromatic N) is 4. The summed E-state index contributed by atoms with van der Waals surface area (Å²) in [6, 6.07) is 4.15. The van der Waals surface area contributed by atoms with Gasteiger partial charge in [0, 0.05) is 5.69 Å². The van der Waals surface area contributed by atoms with Crippen LogP contribution in [0.3, 0.4) is 0 Å². The molecular formula is C16H24N6O4S2. The van der Waals surface area contributed by atoms with Crippen LogP contribution < -0.4 is 14.8 Å². The van der Waals surface area contributed by atoms with Crippen LogP contribution in [-0.2, 0) is 14.8 Å². The van der Waals surface area contributed by atoms with Crippen LogP contribution in [-0.4, -0.2) is 65.4 Å². The van der Waals surface area contributed by atoms with Crippen LogP contribution in [0, 0.1) is 6.92 Å². The van der Waals surface area contributed by atoms with E-state index in [1.807, 2.05) is 6.26 Å². The zero-order chi connectivity index (χ0) is 20.7. The lowest BCUT2D eigenvalue weighted by molar-refractivity contribution is -0.117. The molecule has 10 nitrogen and oxygen atoms in total. The molecule has 1 atom stereocenters. The van der Waals surface area contributed by atoms with Gasteiger partial charge in [0.1, 0.15) is 17.5 Å². The highest BCUT2D eigenvalue weighted by molar-refractivity contribution is 7.98. The highest BCUT2D eigenvalue weighted by Crippen LogP contribution is 2.26. The number of hydrogen-bond donors (Lipinski definition) is 2. The van der Waals surface area contributed by atoms with Crippen LogP contribution in [0.1, 0.15) is 19.2 Å². The first-order valence-corrected chi connectivity index (χ1v) is 11.6. The summed E-state index contributed by atoms with van der Waals surface area (Å²) in [6.07, 6.45) is 2.27. The molecule has 0 fully saturated rings. The van der Waals surface area contributed by atoms with Gasteiger partial charge < -0.3 is 10.1 Å². The molecule has 0 saturated heterocycles. The van der Waals surface area contributed by atoms with Gasteiger partial charge in [-0.05, 0) is 60.9 Å². The molecule has 154 valence electrons. The van der Waals surface area contributed by atoms with Crippen molar-refractivity contribution in [2.75, 3.05) is 30.2 Å². The van der Waals surface area contributed by atoms with E-state index in [4.69, 9.17) is 4.74 Å². The van der Waals surface area contributed by atoms with Gasteiger partial charge in [0.25, 0.3) is 0 Å². The van der Waals surface area contributed by atoms with Crippen molar-refractivity contribution in [3.63, 3.8) is 0 Å². The first-order valence-electron chi connectivity index (χ1n) is 8.54. The standard InChI is InChI=1S/C16H24N6O4S2/c1-5-28(24,25)19-13(8-9-27-4)16(23)17-12-6-7-15(26-3)14(10-12)22-11(2)18-20-21-22/h6-7,10,13,19H,5,8-9H2,1-4H3,(H,17,23). The number of ether oxygens (including phenoxy) is 1. The van der Waals surface area contributed by atoms with Crippen molar-refractivity contribution in [3.8, 4) is 11.4 Å². The molecule has 1 aromatic carbocycles. The molecule has 2 rings (SSSR count). The van der Waals surface area contributed by atoms with Crippen molar-refractivity contribution >= 4 is 33.4 Å². The molecule has 0 saturated carbocycles. The molecule has 0 aliphatic carbocycles. The minimum Gasteiger partial charge on any atom is -0.494 e. The number of carbonyl (C=O) groups excluding carboxylic acids is 1. The van der Waals surface area contributed by atoms with Crippen molar-refractivity contribution in [3.05, 3.63) is 24.0 Å². The van der Waals surface area contributed by atoms with Gasteiger partial charge in [-0.1, -0.05) is 0 Å². The molecule has 1 amide bonds. The number of nitrogens with one attached hydrogen (secondary N) is 2. The maximum atomic E-state index is 12.7. The fourth-order valence-corrected chi connectivity index (χ4v) is 3.69. The monoisotopic (exact) mass is 428 g/mol. The molecular weight excluding hydrogens is 404 g/mol. The van der Waals surface area contributed by atoms with E-state index in [0.29, 0.717) is 35.1 Å². The third kappa shape index (κ3) is 5.66. The van der Waals surface area contributed by atoms with Gasteiger partial charge in [0.2, 0.25) is 15.9 Å². The second-order valence-corrected chi connectivity index (χ2v) is 8.90. The van der Waals surface area contributed by atoms with Crippen molar-refractivity contribution in [1.29, 1.82) is 0 Å². The summed E-state index contributed by atoms with van der Waals surface area (Å²) in [4.78, 5) is 12.7. The summed E-state index contributed by atoms with van der Waals surface area (Å²) in [6.45, 7) is 3.26. The van der Waals surface area contributed by atoms with Crippen LogP contribution in [0.15, 0.2) is 18.2 Å². The Hall–Kier alpha value is -2.18. The van der Waals surface area contributed by atoms with Crippen LogP contribution >= 0.6 is 11.8 Å². The van der Waals surface area contributed by atoms with Crippen LogP contribution in [0.4, 0.5) is 5.69 Å². The smallest absolute Gasteiger partial charge is 0.242 e. The highest BCUT2D eigenvalue weighted by Gasteiger charge is 2.23. The second kappa shape index (κ2) is 9.85. The molecule has 0 radical (unpaired) electrons. The summed E-state index contributed by atoms with van der Waals surface area (Å²) in [7, 11) is -1.99. The van der Waals surface area contributed by atoms with Gasteiger partial charge in [-0.3, -0.25) is 4.79 Å². The normalized spacial score (nSPS) is 12.6. The first kappa shape index (κ1) is 22.1. The first-order chi connectivity index (χ1) is 13.3. The topological polar surface area (TPSA) is 128 Å². The lowest BCUT2D eigenvalue weighted by Gasteiger charge is -2.18. The number of thioether (sulfide) groups is 1. The van der Waals surface area contributed by atoms with Gasteiger partial charge in [0.05, 0.1) is 12.9 Å². The number of rotatable bonds is 10. The minimum atomic E-state index is -3.52. The van der Waals surface area contributed by atoms with E-state index in [9.17, 15) is 13.2 Å². The lowest BCUT2D eigenvalue weighted by Crippen LogP contribution is -2.44. The van der Waals surface area contributed by atoms with Crippen LogP contribution in [0.2, 0.25) is 0 Å². The molecule has 1 heterocycles. The van der Waals surface area contributed by atoms with E-state index in [1.54, 1.807) is 25.1 Å². The van der Waals surface area contributed by atoms with E-state index < -0.39 is 22.0 Å². The van der Waals surface area contributed by atoms with Crippen LogP contribution in [0.5, 0.6) is 5.75 Å². The maximum absolute atomic E-state index is 12.7. The fraction of sp³-hybridized carbons (Fsp3) is 0.500. The number of amides is 1. The van der Waals surface area contributed by atoms with E-state index in [2.05, 4.69) is 25.6 Å². The predicted molar refractivity (Wildman–Crippen MR) is 108 cm³/mol. The highest BCUT2D eigenvalue weighted by atomic mass is 32.2. The largest absolute Gasteiger partial charge is 0.494 e. The Morgan fingerprint density at radius 2 is 2.14 bits per heavy atom. The Labute approximate surface area is 168 Å². The summed E-state index contributed by atoms with van der Waals surface area (Å²) in [5.41, 5.74) is 1.03. The summed E-state index contributed by atoms with van der Waals surface area (Å²) < 4.78 is 33.1. The molecule has 28 heavy (non-hydrogen) atoms. The average molecular weight is 429 g/mol. The van der Waals surface area contributed by atoms with Gasteiger partial charge in [-0.25, -0.2) is 13.1 Å². The molecule has 0 spiro atoms. The Morgan fingerprint density at radius 3 is 2.71 bits per heavy atom. The quantitative estimate of drug-likeness (QED) is 0.573. The number of hydrogen-bond acceptors (Lipinski definition) is 8. The number of anilines is 1. The van der Waals surface area contributed by atoms with E-state index in [-0.39, 0.29) is 5.75 Å². The molecule has 1 aromatic heterocycles. The zero-order valence-corrected chi connectivity index (χ0v) is 17.8. The Balaban J connectivity index is 2.27. The van der Waals surface area contributed by atoms with Crippen LogP contribution in [0.25, 0.3) is 5.69 Å². The lowest BCUT2D eigenvalue weighted by atomic mass is 10.2.